The molecule has 6 atom stereocenters. The van der Waals surface area contributed by atoms with E-state index in [-0.39, 0.29) is 43.3 Å². The van der Waals surface area contributed by atoms with Gasteiger partial charge in [-0.3, -0.25) is 14.4 Å². The number of benzene rings is 2. The summed E-state index contributed by atoms with van der Waals surface area (Å²) in [6, 6.07) is 12.5. The molecule has 3 fully saturated rings. The Morgan fingerprint density at radius 1 is 1.02 bits per heavy atom. The Hall–Kier alpha value is -3.66. The van der Waals surface area contributed by atoms with Crippen molar-refractivity contribution >= 4 is 40.7 Å². The Kier molecular flexibility index (Phi) is 10.7. The molecule has 3 aliphatic rings. The zero-order valence-electron chi connectivity index (χ0n) is 28.4. The summed E-state index contributed by atoms with van der Waals surface area (Å²) in [4.78, 5) is 49.6. The number of anilines is 2. The molecule has 2 unspecified atom stereocenters. The van der Waals surface area contributed by atoms with E-state index in [0.29, 0.717) is 54.4 Å². The standard InChI is InChI=1S/C38H48ClN3O6/c1-7-21-40(28-15-17-30(18-16-28)47-10-4)34(44)31-32-35(45)42(29(24-43)23-25(5)6)33(38(32)20-19-37(31,9-3)48-38)36(46)41(22-8-2)27-13-11-26(39)12-14-27/h7-8,11-18,25,29,31-33,43H,1-2,9-10,19-24H2,3-6H3/t29-,31+,32+,33?,37-,38?/m1/s1. The van der Waals surface area contributed by atoms with Crippen LogP contribution in [0.2, 0.25) is 5.02 Å². The molecule has 1 spiro atoms. The molecular weight excluding hydrogens is 630 g/mol. The van der Waals surface area contributed by atoms with E-state index in [1.165, 1.54) is 0 Å². The predicted octanol–water partition coefficient (Wildman–Crippen LogP) is 6.04. The maximum absolute atomic E-state index is 15.0. The molecule has 3 amide bonds. The Morgan fingerprint density at radius 2 is 1.60 bits per heavy atom. The van der Waals surface area contributed by atoms with Crippen LogP contribution in [0.3, 0.4) is 0 Å². The first-order valence-electron chi connectivity index (χ1n) is 17.0. The van der Waals surface area contributed by atoms with Crippen LogP contribution < -0.4 is 14.5 Å². The lowest BCUT2D eigenvalue weighted by atomic mass is 9.64. The lowest BCUT2D eigenvalue weighted by Gasteiger charge is -2.40. The van der Waals surface area contributed by atoms with E-state index in [4.69, 9.17) is 21.1 Å². The third kappa shape index (κ3) is 6.05. The van der Waals surface area contributed by atoms with Gasteiger partial charge < -0.3 is 29.3 Å². The molecule has 0 saturated carbocycles. The van der Waals surface area contributed by atoms with E-state index in [9.17, 15) is 19.5 Å². The van der Waals surface area contributed by atoms with Crippen molar-refractivity contribution in [3.63, 3.8) is 0 Å². The van der Waals surface area contributed by atoms with E-state index >= 15 is 0 Å². The Bertz CT molecular complexity index is 1510. The van der Waals surface area contributed by atoms with Gasteiger partial charge in [-0.1, -0.05) is 44.5 Å². The number of likely N-dealkylation sites (tertiary alicyclic amines) is 1. The number of aliphatic hydroxyl groups excluding tert-OH is 1. The lowest BCUT2D eigenvalue weighted by molar-refractivity contribution is -0.149. The highest BCUT2D eigenvalue weighted by Crippen LogP contribution is 2.65. The summed E-state index contributed by atoms with van der Waals surface area (Å²) in [6.07, 6.45) is 5.21. The zero-order valence-corrected chi connectivity index (χ0v) is 29.2. The molecule has 9 nitrogen and oxygen atoms in total. The molecular formula is C38H48ClN3O6. The quantitative estimate of drug-likeness (QED) is 0.231. The number of ether oxygens (including phenoxy) is 2. The topological polar surface area (TPSA) is 99.6 Å². The molecule has 0 aromatic heterocycles. The first-order chi connectivity index (χ1) is 23.0. The van der Waals surface area contributed by atoms with Gasteiger partial charge in [0, 0.05) is 29.5 Å². The second-order valence-corrected chi connectivity index (χ2v) is 13.9. The van der Waals surface area contributed by atoms with Gasteiger partial charge in [0.1, 0.15) is 17.4 Å². The molecule has 2 aromatic carbocycles. The third-order valence-corrected chi connectivity index (χ3v) is 10.5. The molecule has 0 radical (unpaired) electrons. The molecule has 2 bridgehead atoms. The van der Waals surface area contributed by atoms with Crippen LogP contribution in [-0.4, -0.2) is 77.3 Å². The lowest BCUT2D eigenvalue weighted by Crippen LogP contribution is -2.59. The summed E-state index contributed by atoms with van der Waals surface area (Å²) in [5, 5.41) is 11.3. The summed E-state index contributed by atoms with van der Waals surface area (Å²) < 4.78 is 12.7. The van der Waals surface area contributed by atoms with Crippen molar-refractivity contribution in [2.24, 2.45) is 17.8 Å². The van der Waals surface area contributed by atoms with E-state index < -0.39 is 35.1 Å². The smallest absolute Gasteiger partial charge is 0.253 e. The molecule has 1 N–H and O–H groups in total. The fraction of sp³-hybridized carbons (Fsp3) is 0.500. The minimum atomic E-state index is -1.26. The largest absolute Gasteiger partial charge is 0.494 e. The Balaban J connectivity index is 1.63. The summed E-state index contributed by atoms with van der Waals surface area (Å²) in [5.74, 6) is -1.88. The van der Waals surface area contributed by atoms with E-state index in [1.807, 2.05) is 52.0 Å². The summed E-state index contributed by atoms with van der Waals surface area (Å²) in [7, 11) is 0. The number of carbonyl (C=O) groups excluding carboxylic acids is 3. The van der Waals surface area contributed by atoms with Crippen molar-refractivity contribution in [2.45, 2.75) is 76.7 Å². The molecule has 258 valence electrons. The minimum absolute atomic E-state index is 0.128. The summed E-state index contributed by atoms with van der Waals surface area (Å²) >= 11 is 6.19. The van der Waals surface area contributed by atoms with E-state index in [2.05, 4.69) is 13.2 Å². The predicted molar refractivity (Wildman–Crippen MR) is 188 cm³/mol. The van der Waals surface area contributed by atoms with E-state index in [1.54, 1.807) is 51.1 Å². The average molecular weight is 678 g/mol. The van der Waals surface area contributed by atoms with Crippen molar-refractivity contribution < 1.29 is 29.0 Å². The summed E-state index contributed by atoms with van der Waals surface area (Å²) in [6.45, 7) is 16.3. The number of aliphatic hydroxyl groups is 1. The zero-order chi connectivity index (χ0) is 34.8. The van der Waals surface area contributed by atoms with Gasteiger partial charge in [-0.05, 0) is 87.1 Å². The normalized spacial score (nSPS) is 26.4. The number of rotatable bonds is 15. The highest BCUT2D eigenvalue weighted by Gasteiger charge is 2.79. The van der Waals surface area contributed by atoms with Crippen LogP contribution in [-0.2, 0) is 19.1 Å². The second kappa shape index (κ2) is 14.4. The maximum Gasteiger partial charge on any atom is 0.253 e. The van der Waals surface area contributed by atoms with Crippen LogP contribution in [0.15, 0.2) is 73.8 Å². The third-order valence-electron chi connectivity index (χ3n) is 10.2. The molecule has 0 aliphatic carbocycles. The van der Waals surface area contributed by atoms with Gasteiger partial charge in [-0.2, -0.15) is 0 Å². The SMILES string of the molecule is C=CCN(C(=O)C1N([C@@H](CO)CC(C)C)C(=O)[C@@H]2[C@@H](C(=O)N(CC=C)c3ccc(OCC)cc3)[C@@]3(CC)CCC12O3)c1ccc(Cl)cc1. The van der Waals surface area contributed by atoms with Crippen LogP contribution in [0, 0.1) is 17.8 Å². The minimum Gasteiger partial charge on any atom is -0.494 e. The van der Waals surface area contributed by atoms with Crippen molar-refractivity contribution in [3.05, 3.63) is 78.9 Å². The number of fused-ring (bicyclic) bond motifs is 1. The number of halogens is 1. The van der Waals surface area contributed by atoms with Crippen LogP contribution in [0.4, 0.5) is 11.4 Å². The van der Waals surface area contributed by atoms with Gasteiger partial charge in [0.25, 0.3) is 5.91 Å². The highest BCUT2D eigenvalue weighted by molar-refractivity contribution is 6.30. The maximum atomic E-state index is 15.0. The number of hydrogen-bond acceptors (Lipinski definition) is 6. The monoisotopic (exact) mass is 677 g/mol. The first-order valence-corrected chi connectivity index (χ1v) is 17.4. The van der Waals surface area contributed by atoms with E-state index in [0.717, 1.165) is 0 Å². The average Bonchev–Trinajstić information content (AvgIpc) is 3.69. The van der Waals surface area contributed by atoms with Crippen molar-refractivity contribution in [1.29, 1.82) is 0 Å². The van der Waals surface area contributed by atoms with Crippen LogP contribution in [0.1, 0.15) is 53.4 Å². The van der Waals surface area contributed by atoms with Gasteiger partial charge in [0.2, 0.25) is 11.8 Å². The van der Waals surface area contributed by atoms with Gasteiger partial charge in [0.05, 0.1) is 36.7 Å². The number of nitrogens with zero attached hydrogens (tertiary/aromatic N) is 3. The van der Waals surface area contributed by atoms with Crippen LogP contribution >= 0.6 is 11.6 Å². The number of amides is 3. The molecule has 3 aliphatic heterocycles. The molecule has 2 aromatic rings. The number of hydrogen-bond donors (Lipinski definition) is 1. The summed E-state index contributed by atoms with van der Waals surface area (Å²) in [5.41, 5.74) is -0.962. The van der Waals surface area contributed by atoms with Crippen molar-refractivity contribution in [1.82, 2.24) is 4.90 Å². The van der Waals surface area contributed by atoms with Gasteiger partial charge in [-0.25, -0.2) is 0 Å². The van der Waals surface area contributed by atoms with Crippen LogP contribution in [0.5, 0.6) is 5.75 Å². The van der Waals surface area contributed by atoms with Crippen molar-refractivity contribution in [2.75, 3.05) is 36.1 Å². The van der Waals surface area contributed by atoms with Gasteiger partial charge >= 0.3 is 0 Å². The molecule has 10 heteroatoms. The molecule has 48 heavy (non-hydrogen) atoms. The fourth-order valence-electron chi connectivity index (χ4n) is 8.25. The molecule has 3 heterocycles. The molecule has 3 saturated heterocycles. The molecule has 5 rings (SSSR count). The Morgan fingerprint density at radius 3 is 2.12 bits per heavy atom. The van der Waals surface area contributed by atoms with Gasteiger partial charge in [-0.15, -0.1) is 13.2 Å². The number of carbonyl (C=O) groups is 3. The first kappa shape index (κ1) is 35.6. The highest BCUT2D eigenvalue weighted by atomic mass is 35.5. The van der Waals surface area contributed by atoms with Gasteiger partial charge in [0.15, 0.2) is 0 Å². The fourth-order valence-corrected chi connectivity index (χ4v) is 8.38. The van der Waals surface area contributed by atoms with Crippen LogP contribution in [0.25, 0.3) is 0 Å². The van der Waals surface area contributed by atoms with Crippen molar-refractivity contribution in [3.8, 4) is 5.75 Å². The second-order valence-electron chi connectivity index (χ2n) is 13.4. The Labute approximate surface area is 289 Å².